The van der Waals surface area contributed by atoms with E-state index in [9.17, 15) is 0 Å². The van der Waals surface area contributed by atoms with E-state index in [1.165, 1.54) is 188 Å². The molecule has 0 fully saturated rings. The summed E-state index contributed by atoms with van der Waals surface area (Å²) in [5.74, 6) is 0. The summed E-state index contributed by atoms with van der Waals surface area (Å²) in [6.07, 6.45) is 0. The van der Waals surface area contributed by atoms with Crippen molar-refractivity contribution in [2.24, 2.45) is 0 Å². The Balaban J connectivity index is 0.000000146. The molecule has 0 heterocycles. The summed E-state index contributed by atoms with van der Waals surface area (Å²) in [5, 5.41) is 5.00. The van der Waals surface area contributed by atoms with Crippen molar-refractivity contribution >= 4 is 55.7 Å². The fraction of sp³-hybridized carbons (Fsp3) is 0.0448. The second-order valence-corrected chi connectivity index (χ2v) is 37.2. The molecule has 22 aromatic rings. The van der Waals surface area contributed by atoms with Crippen molar-refractivity contribution in [3.05, 3.63) is 612 Å². The first-order chi connectivity index (χ1) is 67.2. The summed E-state index contributed by atoms with van der Waals surface area (Å²) < 4.78 is 0. The van der Waals surface area contributed by atoms with Crippen molar-refractivity contribution < 1.29 is 0 Å². The molecule has 0 aliphatic heterocycles. The average Bonchev–Trinajstić information content (AvgIpc) is 1.45. The number of benzene rings is 22. The van der Waals surface area contributed by atoms with Crippen LogP contribution in [-0.4, -0.2) is 0 Å². The Morgan fingerprint density at radius 2 is 0.338 bits per heavy atom. The number of nitrogens with zero attached hydrogens (tertiary/aromatic N) is 2. The van der Waals surface area contributed by atoms with Gasteiger partial charge < -0.3 is 9.80 Å². The van der Waals surface area contributed by atoms with Crippen LogP contribution in [0.5, 0.6) is 0 Å². The van der Waals surface area contributed by atoms with E-state index >= 15 is 0 Å². The van der Waals surface area contributed by atoms with E-state index in [4.69, 9.17) is 0 Å². The number of fused-ring (bicyclic) bond motifs is 20. The molecule has 2 heteroatoms. The maximum absolute atomic E-state index is 2.45. The van der Waals surface area contributed by atoms with Gasteiger partial charge in [-0.05, 0) is 286 Å². The molecule has 22 aromatic carbocycles. The highest BCUT2D eigenvalue weighted by molar-refractivity contribution is 5.96. The van der Waals surface area contributed by atoms with Gasteiger partial charge in [0.25, 0.3) is 0 Å². The lowest BCUT2D eigenvalue weighted by Gasteiger charge is -2.50. The second-order valence-electron chi connectivity index (χ2n) is 37.2. The quantitative estimate of drug-likeness (QED) is 0.107. The highest BCUT2D eigenvalue weighted by Crippen LogP contribution is 2.67. The minimum atomic E-state index is -0.533. The van der Waals surface area contributed by atoms with Gasteiger partial charge in [-0.2, -0.15) is 0 Å². The lowest BCUT2D eigenvalue weighted by molar-refractivity contribution is 0.563. The molecule has 26 rings (SSSR count). The Hall–Kier alpha value is -17.0. The topological polar surface area (TPSA) is 6.48 Å². The summed E-state index contributed by atoms with van der Waals surface area (Å²) in [6.45, 7) is 4.77. The van der Waals surface area contributed by atoms with Gasteiger partial charge in [-0.25, -0.2) is 0 Å². The van der Waals surface area contributed by atoms with Gasteiger partial charge in [0.05, 0.1) is 16.2 Å². The Labute approximate surface area is 796 Å². The molecule has 0 aromatic heterocycles. The van der Waals surface area contributed by atoms with Gasteiger partial charge in [0.2, 0.25) is 0 Å². The fourth-order valence-electron chi connectivity index (χ4n) is 23.5. The molecule has 4 aliphatic rings. The standard InChI is InChI=1S/C72H49N.C62H45N/c1-4-18-50(19-5-1)52-34-41-60(42-35-52)73(61-43-36-53(37-44-61)56-33-32-51-20-10-11-21-55(51)48-56)62-45-38-54(39-46-62)57-40-47-66-64(49-57)63-26-12-13-27-65(63)72(66)69-30-16-14-28-67(69)71(58-22-6-2-7-23-58,59-24-8-3-9-25-59)68-29-15-17-31-70(68)72;1-61(2)57-20-10-12-22-59(57)62(60-23-13-11-21-58(60)61)55-19-9-8-18-53(55)54-41-49(32-39-56(54)62)46-30-37-52(38-31-46)63(50-33-26-44(27-34-50)42-14-4-3-5-15-42)51-35-28-45(29-36-51)48-25-24-43-16-6-7-17-47(43)40-48/h1-49H;3-41H,1-2H3. The normalized spacial score (nSPS) is 13.6. The average molecular weight is 1730 g/mol. The molecule has 0 amide bonds. The third kappa shape index (κ3) is 13.1. The van der Waals surface area contributed by atoms with Crippen LogP contribution in [0.1, 0.15) is 91.7 Å². The lowest BCUT2D eigenvalue weighted by atomic mass is 9.51. The largest absolute Gasteiger partial charge is 0.311 e. The van der Waals surface area contributed by atoms with Crippen LogP contribution in [0.2, 0.25) is 0 Å². The van der Waals surface area contributed by atoms with E-state index < -0.39 is 16.2 Å². The second kappa shape index (κ2) is 33.1. The molecule has 4 aliphatic carbocycles. The van der Waals surface area contributed by atoms with Crippen LogP contribution in [0.3, 0.4) is 0 Å². The van der Waals surface area contributed by atoms with Crippen LogP contribution < -0.4 is 9.80 Å². The molecule has 0 radical (unpaired) electrons. The van der Waals surface area contributed by atoms with Gasteiger partial charge >= 0.3 is 0 Å². The summed E-state index contributed by atoms with van der Waals surface area (Å²) in [5.41, 5.74) is 43.4. The molecule has 0 bridgehead atoms. The molecular weight excluding hydrogens is 1640 g/mol. The van der Waals surface area contributed by atoms with E-state index in [1.54, 1.807) is 0 Å². The maximum Gasteiger partial charge on any atom is 0.0720 e. The van der Waals surface area contributed by atoms with Crippen LogP contribution in [-0.2, 0) is 21.7 Å². The molecule has 0 N–H and O–H groups in total. The zero-order chi connectivity index (χ0) is 90.5. The third-order valence-corrected chi connectivity index (χ3v) is 29.8. The SMILES string of the molecule is CC1(C)c2ccccc2C2(c3ccccc3-c3cc(-c4ccc(N(c5ccc(-c6ccccc6)cc5)c5ccc(-c6ccc7ccccc7c6)cc5)cc4)ccc32)c2ccccc21.c1ccc(-c2ccc(N(c3ccc(-c4ccc5c(c4)-c4ccccc4C54c5ccccc5C(c5ccccc5)(c5ccccc5)c5ccccc54)cc3)c3ccc(-c4ccc5ccccc5c4)cc3)cc2)cc1. The lowest BCUT2D eigenvalue weighted by Crippen LogP contribution is -2.44. The van der Waals surface area contributed by atoms with Crippen molar-refractivity contribution in [3.63, 3.8) is 0 Å². The van der Waals surface area contributed by atoms with E-state index in [1.807, 2.05) is 0 Å². The van der Waals surface area contributed by atoms with E-state index in [2.05, 4.69) is 557 Å². The third-order valence-electron chi connectivity index (χ3n) is 29.8. The Bertz CT molecular complexity index is 8170. The minimum Gasteiger partial charge on any atom is -0.311 e. The van der Waals surface area contributed by atoms with Gasteiger partial charge in [-0.15, -0.1) is 0 Å². The van der Waals surface area contributed by atoms with E-state index in [-0.39, 0.29) is 5.41 Å². The highest BCUT2D eigenvalue weighted by atomic mass is 15.1. The van der Waals surface area contributed by atoms with Gasteiger partial charge in [0.1, 0.15) is 0 Å². The fourth-order valence-corrected chi connectivity index (χ4v) is 23.5. The first-order valence-electron chi connectivity index (χ1n) is 47.5. The molecule has 2 spiro atoms. The Kier molecular flexibility index (Phi) is 19.7. The van der Waals surface area contributed by atoms with Crippen molar-refractivity contribution in [1.82, 2.24) is 0 Å². The molecule has 0 saturated carbocycles. The van der Waals surface area contributed by atoms with Crippen molar-refractivity contribution in [3.8, 4) is 89.0 Å². The molecule has 136 heavy (non-hydrogen) atoms. The van der Waals surface area contributed by atoms with Gasteiger partial charge in [0, 0.05) is 39.5 Å². The highest BCUT2D eigenvalue weighted by Gasteiger charge is 2.58. The van der Waals surface area contributed by atoms with Crippen LogP contribution in [0.4, 0.5) is 34.1 Å². The van der Waals surface area contributed by atoms with Gasteiger partial charge in [-0.1, -0.05) is 451 Å². The van der Waals surface area contributed by atoms with E-state index in [0.717, 1.165) is 34.1 Å². The van der Waals surface area contributed by atoms with Crippen molar-refractivity contribution in [2.75, 3.05) is 9.80 Å². The minimum absolute atomic E-state index is 0.116. The first-order valence-corrected chi connectivity index (χ1v) is 47.5. The predicted octanol–water partition coefficient (Wildman–Crippen LogP) is 34.7. The van der Waals surface area contributed by atoms with Gasteiger partial charge in [0.15, 0.2) is 0 Å². The molecule has 2 nitrogen and oxygen atoms in total. The zero-order valence-corrected chi connectivity index (χ0v) is 75.7. The van der Waals surface area contributed by atoms with Crippen LogP contribution in [0.15, 0.2) is 534 Å². The molecular formula is C134H94N2. The number of anilines is 6. The van der Waals surface area contributed by atoms with E-state index in [0.29, 0.717) is 0 Å². The zero-order valence-electron chi connectivity index (χ0n) is 75.7. The summed E-state index contributed by atoms with van der Waals surface area (Å²) in [6, 6.07) is 198. The number of hydrogen-bond acceptors (Lipinski definition) is 2. The monoisotopic (exact) mass is 1730 g/mol. The summed E-state index contributed by atoms with van der Waals surface area (Å²) in [7, 11) is 0. The number of rotatable bonds is 14. The smallest absolute Gasteiger partial charge is 0.0720 e. The molecule has 0 saturated heterocycles. The maximum atomic E-state index is 2.45. The van der Waals surface area contributed by atoms with Crippen molar-refractivity contribution in [1.29, 1.82) is 0 Å². The Morgan fingerprint density at radius 1 is 0.132 bits per heavy atom. The predicted molar refractivity (Wildman–Crippen MR) is 568 cm³/mol. The van der Waals surface area contributed by atoms with Crippen LogP contribution in [0.25, 0.3) is 111 Å². The van der Waals surface area contributed by atoms with Gasteiger partial charge in [-0.3, -0.25) is 0 Å². The Morgan fingerprint density at radius 3 is 0.654 bits per heavy atom. The summed E-state index contributed by atoms with van der Waals surface area (Å²) >= 11 is 0. The first kappa shape index (κ1) is 81.0. The van der Waals surface area contributed by atoms with Crippen LogP contribution >= 0.6 is 0 Å². The molecule has 0 unspecified atom stereocenters. The molecule has 0 atom stereocenters. The number of hydrogen-bond donors (Lipinski definition) is 0. The van der Waals surface area contributed by atoms with Crippen LogP contribution in [0, 0.1) is 0 Å². The summed E-state index contributed by atoms with van der Waals surface area (Å²) in [4.78, 5) is 4.74. The van der Waals surface area contributed by atoms with Crippen molar-refractivity contribution in [2.45, 2.75) is 35.5 Å². The molecule has 640 valence electrons.